The van der Waals surface area contributed by atoms with Gasteiger partial charge in [0.05, 0.1) is 18.1 Å². The molecule has 0 aromatic heterocycles. The fourth-order valence-electron chi connectivity index (χ4n) is 3.83. The number of carbonyl (C=O) groups is 1. The lowest BCUT2D eigenvalue weighted by Gasteiger charge is -2.21. The molecule has 0 radical (unpaired) electrons. The fourth-order valence-corrected chi connectivity index (χ4v) is 3.83. The Morgan fingerprint density at radius 1 is 0.974 bits per heavy atom. The van der Waals surface area contributed by atoms with Crippen molar-refractivity contribution in [2.45, 2.75) is 38.4 Å². The molecule has 0 spiro atoms. The Morgan fingerprint density at radius 2 is 1.68 bits per heavy atom. The molecule has 0 aliphatic carbocycles. The van der Waals surface area contributed by atoms with E-state index in [1.165, 1.54) is 51.3 Å². The molecule has 0 fully saturated rings. The smallest absolute Gasteiger partial charge is 0.416 e. The van der Waals surface area contributed by atoms with Gasteiger partial charge in [-0.1, -0.05) is 6.07 Å². The van der Waals surface area contributed by atoms with Gasteiger partial charge in [0.1, 0.15) is 29.7 Å². The first-order chi connectivity index (χ1) is 17.7. The van der Waals surface area contributed by atoms with Gasteiger partial charge in [-0.05, 0) is 79.9 Å². The molecule has 0 amide bonds. The van der Waals surface area contributed by atoms with Gasteiger partial charge in [-0.3, -0.25) is 4.79 Å². The Morgan fingerprint density at radius 3 is 2.32 bits per heavy atom. The molecule has 3 aromatic rings. The molecule has 1 atom stereocenters. The van der Waals surface area contributed by atoms with Gasteiger partial charge in [-0.15, -0.1) is 0 Å². The van der Waals surface area contributed by atoms with Crippen molar-refractivity contribution >= 4 is 5.97 Å². The highest BCUT2D eigenvalue weighted by molar-refractivity contribution is 5.81. The predicted octanol–water partition coefficient (Wildman–Crippen LogP) is 6.75. The lowest BCUT2D eigenvalue weighted by Crippen LogP contribution is -2.29. The van der Waals surface area contributed by atoms with Crippen molar-refractivity contribution in [3.05, 3.63) is 82.9 Å². The highest BCUT2D eigenvalue weighted by Crippen LogP contribution is 2.37. The summed E-state index contributed by atoms with van der Waals surface area (Å²) in [5.41, 5.74) is -1.81. The zero-order valence-electron chi connectivity index (χ0n) is 21.2. The maximum Gasteiger partial charge on any atom is 0.416 e. The minimum Gasteiger partial charge on any atom is -0.497 e. The maximum atomic E-state index is 14.4. The fraction of sp³-hybridized carbons (Fsp3) is 0.321. The van der Waals surface area contributed by atoms with Crippen molar-refractivity contribution < 1.29 is 41.3 Å². The number of hydrogen-bond donors (Lipinski definition) is 2. The van der Waals surface area contributed by atoms with Crippen LogP contribution in [0.25, 0.3) is 11.1 Å². The Balaban J connectivity index is 1.81. The first-order valence-corrected chi connectivity index (χ1v) is 11.7. The molecule has 3 rings (SSSR count). The number of ether oxygens (including phenoxy) is 2. The van der Waals surface area contributed by atoms with E-state index in [9.17, 15) is 31.9 Å². The third kappa shape index (κ3) is 6.80. The average molecular weight is 538 g/mol. The number of rotatable bonds is 10. The van der Waals surface area contributed by atoms with Gasteiger partial charge in [0, 0.05) is 24.2 Å². The molecule has 0 saturated carbocycles. The Hall–Kier alpha value is -3.66. The van der Waals surface area contributed by atoms with Crippen LogP contribution in [0.2, 0.25) is 0 Å². The number of aliphatic carboxylic acids is 1. The number of hydrogen-bond acceptors (Lipinski definition) is 4. The standard InChI is InChI=1S/C28H28F5NO4/c1-16(18-10-21(29)15-22(11-18)37-4)34-7-8-38-23-12-19(9-20(14-23)28(31,32)33)17-5-6-25(30)24(13-17)27(2,3)26(35)36/h5-6,9-16,34H,7-8H2,1-4H3,(H,35,36). The van der Waals surface area contributed by atoms with E-state index in [-0.39, 0.29) is 41.6 Å². The highest BCUT2D eigenvalue weighted by Gasteiger charge is 2.34. The zero-order chi connectivity index (χ0) is 28.3. The van der Waals surface area contributed by atoms with Crippen molar-refractivity contribution in [2.75, 3.05) is 20.3 Å². The van der Waals surface area contributed by atoms with Crippen LogP contribution in [0, 0.1) is 11.6 Å². The van der Waals surface area contributed by atoms with E-state index in [2.05, 4.69) is 5.32 Å². The number of methoxy groups -OCH3 is 1. The first kappa shape index (κ1) is 28.9. The van der Waals surface area contributed by atoms with Crippen molar-refractivity contribution in [2.24, 2.45) is 0 Å². The number of halogens is 5. The summed E-state index contributed by atoms with van der Waals surface area (Å²) in [4.78, 5) is 11.6. The van der Waals surface area contributed by atoms with E-state index in [0.717, 1.165) is 18.2 Å². The molecule has 1 unspecified atom stereocenters. The summed E-state index contributed by atoms with van der Waals surface area (Å²) in [6.45, 7) is 4.65. The molecule has 0 bridgehead atoms. The quantitative estimate of drug-likeness (QED) is 0.221. The second-order valence-electron chi connectivity index (χ2n) is 9.32. The molecular weight excluding hydrogens is 509 g/mol. The topological polar surface area (TPSA) is 67.8 Å². The van der Waals surface area contributed by atoms with Crippen molar-refractivity contribution in [1.82, 2.24) is 5.32 Å². The van der Waals surface area contributed by atoms with Crippen LogP contribution in [0.3, 0.4) is 0 Å². The summed E-state index contributed by atoms with van der Waals surface area (Å²) >= 11 is 0. The van der Waals surface area contributed by atoms with Crippen molar-refractivity contribution in [3.63, 3.8) is 0 Å². The van der Waals surface area contributed by atoms with Gasteiger partial charge < -0.3 is 19.9 Å². The Bertz CT molecular complexity index is 1310. The normalized spacial score (nSPS) is 12.8. The van der Waals surface area contributed by atoms with E-state index < -0.39 is 34.8 Å². The maximum absolute atomic E-state index is 14.4. The van der Waals surface area contributed by atoms with Gasteiger partial charge in [-0.2, -0.15) is 13.2 Å². The first-order valence-electron chi connectivity index (χ1n) is 11.7. The molecule has 204 valence electrons. The van der Waals surface area contributed by atoms with Crippen LogP contribution in [-0.2, 0) is 16.4 Å². The molecule has 38 heavy (non-hydrogen) atoms. The SMILES string of the molecule is COc1cc(F)cc(C(C)NCCOc2cc(-c3ccc(F)c(C(C)(C)C(=O)O)c3)cc(C(F)(F)F)c2)c1. The summed E-state index contributed by atoms with van der Waals surface area (Å²) in [5.74, 6) is -2.23. The van der Waals surface area contributed by atoms with E-state index in [4.69, 9.17) is 9.47 Å². The van der Waals surface area contributed by atoms with E-state index in [0.29, 0.717) is 11.3 Å². The predicted molar refractivity (Wildman–Crippen MR) is 132 cm³/mol. The minimum absolute atomic E-state index is 0.00173. The summed E-state index contributed by atoms with van der Waals surface area (Å²) in [6, 6.07) is 10.7. The van der Waals surface area contributed by atoms with Crippen molar-refractivity contribution in [3.8, 4) is 22.6 Å². The average Bonchev–Trinajstić information content (AvgIpc) is 2.85. The van der Waals surface area contributed by atoms with E-state index >= 15 is 0 Å². The van der Waals surface area contributed by atoms with Gasteiger partial charge in [-0.25, -0.2) is 8.78 Å². The highest BCUT2D eigenvalue weighted by atomic mass is 19.4. The second kappa shape index (κ2) is 11.4. The van der Waals surface area contributed by atoms with Crippen LogP contribution in [0.15, 0.2) is 54.6 Å². The largest absolute Gasteiger partial charge is 0.497 e. The van der Waals surface area contributed by atoms with Gasteiger partial charge in [0.2, 0.25) is 0 Å². The Labute approximate surface area is 217 Å². The molecule has 0 heterocycles. The van der Waals surface area contributed by atoms with E-state index in [1.807, 2.05) is 0 Å². The number of carboxylic acids is 1. The third-order valence-electron chi connectivity index (χ3n) is 6.19. The molecule has 10 heteroatoms. The molecule has 5 nitrogen and oxygen atoms in total. The van der Waals surface area contributed by atoms with Crippen LogP contribution in [0.4, 0.5) is 22.0 Å². The van der Waals surface area contributed by atoms with Crippen LogP contribution in [0.5, 0.6) is 11.5 Å². The molecule has 0 saturated heterocycles. The number of alkyl halides is 3. The molecular formula is C28H28F5NO4. The third-order valence-corrected chi connectivity index (χ3v) is 6.19. The molecule has 0 aliphatic rings. The lowest BCUT2D eigenvalue weighted by molar-refractivity contribution is -0.142. The van der Waals surface area contributed by atoms with Crippen LogP contribution in [0.1, 0.15) is 43.5 Å². The van der Waals surface area contributed by atoms with Gasteiger partial charge >= 0.3 is 12.1 Å². The summed E-state index contributed by atoms with van der Waals surface area (Å²) in [7, 11) is 1.42. The number of benzene rings is 3. The minimum atomic E-state index is -4.68. The van der Waals surface area contributed by atoms with Gasteiger partial charge in [0.25, 0.3) is 0 Å². The summed E-state index contributed by atoms with van der Waals surface area (Å²) < 4.78 is 79.8. The van der Waals surface area contributed by atoms with Crippen LogP contribution in [-0.4, -0.2) is 31.3 Å². The number of nitrogens with one attached hydrogen (secondary N) is 1. The number of carboxylic acid groups (broad SMARTS) is 1. The van der Waals surface area contributed by atoms with Crippen molar-refractivity contribution in [1.29, 1.82) is 0 Å². The Kier molecular flexibility index (Phi) is 8.66. The van der Waals surface area contributed by atoms with E-state index in [1.54, 1.807) is 13.0 Å². The molecule has 2 N–H and O–H groups in total. The summed E-state index contributed by atoms with van der Waals surface area (Å²) in [6.07, 6.45) is -4.68. The van der Waals surface area contributed by atoms with Crippen LogP contribution < -0.4 is 14.8 Å². The van der Waals surface area contributed by atoms with Crippen LogP contribution >= 0.6 is 0 Å². The summed E-state index contributed by atoms with van der Waals surface area (Å²) in [5, 5.41) is 12.6. The monoisotopic (exact) mass is 537 g/mol. The second-order valence-corrected chi connectivity index (χ2v) is 9.32. The zero-order valence-corrected chi connectivity index (χ0v) is 21.2. The molecule has 0 aliphatic heterocycles. The molecule has 3 aromatic carbocycles. The van der Waals surface area contributed by atoms with Gasteiger partial charge in [0.15, 0.2) is 0 Å². The lowest BCUT2D eigenvalue weighted by atomic mass is 9.83.